The first kappa shape index (κ1) is 14.4. The number of piperidine rings is 1. The Morgan fingerprint density at radius 2 is 2.32 bits per heavy atom. The Balaban J connectivity index is 1.68. The lowest BCUT2D eigenvalue weighted by molar-refractivity contribution is 0.0343. The van der Waals surface area contributed by atoms with Crippen molar-refractivity contribution >= 4 is 21.8 Å². The number of nitrogens with one attached hydrogen (secondary N) is 2. The van der Waals surface area contributed by atoms with Crippen LogP contribution in [0.15, 0.2) is 22.8 Å². The quantitative estimate of drug-likeness (QED) is 0.801. The van der Waals surface area contributed by atoms with Gasteiger partial charge in [0.15, 0.2) is 0 Å². The minimum absolute atomic E-state index is 0.179. The van der Waals surface area contributed by atoms with Gasteiger partial charge in [-0.1, -0.05) is 0 Å². The predicted molar refractivity (Wildman–Crippen MR) is 76.1 cm³/mol. The normalized spacial score (nSPS) is 16.3. The van der Waals surface area contributed by atoms with Gasteiger partial charge in [-0.3, -0.25) is 4.79 Å². The van der Waals surface area contributed by atoms with Gasteiger partial charge in [-0.25, -0.2) is 4.98 Å². The molecule has 0 saturated carbocycles. The molecule has 0 spiro atoms. The van der Waals surface area contributed by atoms with Crippen molar-refractivity contribution in [3.8, 4) is 0 Å². The third-order valence-electron chi connectivity index (χ3n) is 3.00. The molecule has 0 unspecified atom stereocenters. The molecule has 1 saturated heterocycles. The van der Waals surface area contributed by atoms with Crippen molar-refractivity contribution in [2.75, 3.05) is 26.2 Å². The van der Waals surface area contributed by atoms with Crippen LogP contribution in [0.3, 0.4) is 0 Å². The molecular formula is C13H18BrN3O2. The molecule has 1 aliphatic rings. The highest BCUT2D eigenvalue weighted by atomic mass is 79.9. The SMILES string of the molecule is O=C(NCCOC1CCNCC1)c1ncccc1Br. The molecule has 1 aliphatic heterocycles. The molecule has 0 atom stereocenters. The van der Waals surface area contributed by atoms with Crippen molar-refractivity contribution < 1.29 is 9.53 Å². The minimum Gasteiger partial charge on any atom is -0.376 e. The summed E-state index contributed by atoms with van der Waals surface area (Å²) in [6.45, 7) is 3.07. The number of hydrogen-bond acceptors (Lipinski definition) is 4. The van der Waals surface area contributed by atoms with E-state index in [9.17, 15) is 4.79 Å². The van der Waals surface area contributed by atoms with Crippen molar-refractivity contribution in [3.63, 3.8) is 0 Å². The molecule has 19 heavy (non-hydrogen) atoms. The summed E-state index contributed by atoms with van der Waals surface area (Å²) in [6, 6.07) is 3.58. The maximum atomic E-state index is 11.8. The van der Waals surface area contributed by atoms with E-state index in [0.29, 0.717) is 29.4 Å². The van der Waals surface area contributed by atoms with Crippen molar-refractivity contribution in [2.24, 2.45) is 0 Å². The van der Waals surface area contributed by atoms with Crippen LogP contribution in [-0.4, -0.2) is 43.2 Å². The average Bonchev–Trinajstić information content (AvgIpc) is 2.45. The zero-order valence-electron chi connectivity index (χ0n) is 10.7. The number of ether oxygens (including phenoxy) is 1. The summed E-state index contributed by atoms with van der Waals surface area (Å²) in [5, 5.41) is 6.10. The van der Waals surface area contributed by atoms with Crippen LogP contribution in [0, 0.1) is 0 Å². The first-order chi connectivity index (χ1) is 9.27. The molecule has 2 N–H and O–H groups in total. The topological polar surface area (TPSA) is 63.2 Å². The molecule has 1 aromatic rings. The number of aromatic nitrogens is 1. The molecule has 2 rings (SSSR count). The molecule has 2 heterocycles. The third kappa shape index (κ3) is 4.56. The molecule has 1 aromatic heterocycles. The second kappa shape index (κ2) is 7.57. The Hall–Kier alpha value is -0.980. The van der Waals surface area contributed by atoms with Crippen LogP contribution in [0.2, 0.25) is 0 Å². The molecule has 0 radical (unpaired) electrons. The summed E-state index contributed by atoms with van der Waals surface area (Å²) < 4.78 is 6.41. The number of rotatable bonds is 5. The fraction of sp³-hybridized carbons (Fsp3) is 0.538. The zero-order valence-corrected chi connectivity index (χ0v) is 12.3. The van der Waals surface area contributed by atoms with Gasteiger partial charge in [-0.2, -0.15) is 0 Å². The Morgan fingerprint density at radius 1 is 1.53 bits per heavy atom. The van der Waals surface area contributed by atoms with Crippen LogP contribution in [0.25, 0.3) is 0 Å². The van der Waals surface area contributed by atoms with Crippen LogP contribution < -0.4 is 10.6 Å². The number of carbonyl (C=O) groups is 1. The number of halogens is 1. The van der Waals surface area contributed by atoms with Crippen molar-refractivity contribution in [3.05, 3.63) is 28.5 Å². The minimum atomic E-state index is -0.179. The largest absolute Gasteiger partial charge is 0.376 e. The lowest BCUT2D eigenvalue weighted by atomic mass is 10.1. The molecule has 104 valence electrons. The summed E-state index contributed by atoms with van der Waals surface area (Å²) in [4.78, 5) is 15.9. The summed E-state index contributed by atoms with van der Waals surface area (Å²) in [5.41, 5.74) is 0.407. The van der Waals surface area contributed by atoms with Crippen molar-refractivity contribution in [1.29, 1.82) is 0 Å². The van der Waals surface area contributed by atoms with Gasteiger partial charge in [-0.15, -0.1) is 0 Å². The van der Waals surface area contributed by atoms with Gasteiger partial charge >= 0.3 is 0 Å². The molecule has 0 aromatic carbocycles. The second-order valence-electron chi connectivity index (χ2n) is 4.41. The maximum Gasteiger partial charge on any atom is 0.271 e. The van der Waals surface area contributed by atoms with Gasteiger partial charge in [0.05, 0.1) is 12.7 Å². The van der Waals surface area contributed by atoms with E-state index in [4.69, 9.17) is 4.74 Å². The fourth-order valence-corrected chi connectivity index (χ4v) is 2.42. The summed E-state index contributed by atoms with van der Waals surface area (Å²) in [6.07, 6.45) is 4.00. The average molecular weight is 328 g/mol. The molecule has 1 amide bonds. The first-order valence-corrected chi connectivity index (χ1v) is 7.27. The van der Waals surface area contributed by atoms with E-state index >= 15 is 0 Å². The van der Waals surface area contributed by atoms with E-state index in [1.165, 1.54) is 0 Å². The first-order valence-electron chi connectivity index (χ1n) is 6.48. The standard InChI is InChI=1S/C13H18BrN3O2/c14-11-2-1-5-16-12(11)13(18)17-8-9-19-10-3-6-15-7-4-10/h1-2,5,10,15H,3-4,6-9H2,(H,17,18). The van der Waals surface area contributed by atoms with Gasteiger partial charge in [0.2, 0.25) is 0 Å². The maximum absolute atomic E-state index is 11.8. The van der Waals surface area contributed by atoms with Crippen LogP contribution in [0.4, 0.5) is 0 Å². The van der Waals surface area contributed by atoms with Gasteiger partial charge in [0.1, 0.15) is 5.69 Å². The van der Waals surface area contributed by atoms with Crippen LogP contribution in [0.5, 0.6) is 0 Å². The van der Waals surface area contributed by atoms with Gasteiger partial charge in [-0.05, 0) is 54.0 Å². The molecular weight excluding hydrogens is 310 g/mol. The Kier molecular flexibility index (Phi) is 5.75. The van der Waals surface area contributed by atoms with E-state index in [0.717, 1.165) is 25.9 Å². The number of pyridine rings is 1. The monoisotopic (exact) mass is 327 g/mol. The lowest BCUT2D eigenvalue weighted by Crippen LogP contribution is -2.35. The van der Waals surface area contributed by atoms with Gasteiger partial charge in [0, 0.05) is 17.2 Å². The van der Waals surface area contributed by atoms with Gasteiger partial charge in [0.25, 0.3) is 5.91 Å². The summed E-state index contributed by atoms with van der Waals surface area (Å²) in [5.74, 6) is -0.179. The zero-order chi connectivity index (χ0) is 13.5. The molecule has 6 heteroatoms. The van der Waals surface area contributed by atoms with Crippen LogP contribution in [0.1, 0.15) is 23.3 Å². The predicted octanol–water partition coefficient (Wildman–Crippen LogP) is 1.34. The highest BCUT2D eigenvalue weighted by Gasteiger charge is 2.14. The molecule has 0 aliphatic carbocycles. The van der Waals surface area contributed by atoms with Gasteiger partial charge < -0.3 is 15.4 Å². The van der Waals surface area contributed by atoms with E-state index in [1.807, 2.05) is 0 Å². The summed E-state index contributed by atoms with van der Waals surface area (Å²) >= 11 is 3.31. The summed E-state index contributed by atoms with van der Waals surface area (Å²) in [7, 11) is 0. The highest BCUT2D eigenvalue weighted by molar-refractivity contribution is 9.10. The van der Waals surface area contributed by atoms with Crippen LogP contribution >= 0.6 is 15.9 Å². The van der Waals surface area contributed by atoms with E-state index < -0.39 is 0 Å². The Labute approximate surface area is 121 Å². The molecule has 5 nitrogen and oxygen atoms in total. The van der Waals surface area contributed by atoms with Crippen molar-refractivity contribution in [1.82, 2.24) is 15.6 Å². The Bertz CT molecular complexity index is 422. The Morgan fingerprint density at radius 3 is 3.05 bits per heavy atom. The van der Waals surface area contributed by atoms with Crippen LogP contribution in [-0.2, 0) is 4.74 Å². The smallest absolute Gasteiger partial charge is 0.271 e. The lowest BCUT2D eigenvalue weighted by Gasteiger charge is -2.22. The highest BCUT2D eigenvalue weighted by Crippen LogP contribution is 2.12. The molecule has 1 fully saturated rings. The third-order valence-corrected chi connectivity index (χ3v) is 3.64. The second-order valence-corrected chi connectivity index (χ2v) is 5.26. The number of hydrogen-bond donors (Lipinski definition) is 2. The van der Waals surface area contributed by atoms with E-state index in [1.54, 1.807) is 18.3 Å². The van der Waals surface area contributed by atoms with E-state index in [2.05, 4.69) is 31.5 Å². The molecule has 0 bridgehead atoms. The fourth-order valence-electron chi connectivity index (χ4n) is 1.99. The number of nitrogens with zero attached hydrogens (tertiary/aromatic N) is 1. The van der Waals surface area contributed by atoms with E-state index in [-0.39, 0.29) is 5.91 Å². The van der Waals surface area contributed by atoms with Crippen molar-refractivity contribution in [2.45, 2.75) is 18.9 Å². The number of amides is 1. The number of carbonyl (C=O) groups excluding carboxylic acids is 1.